The average Bonchev–Trinajstić information content (AvgIpc) is 2.49. The van der Waals surface area contributed by atoms with Gasteiger partial charge in [-0.2, -0.15) is 0 Å². The Kier molecular flexibility index (Phi) is 0.692. The van der Waals surface area contributed by atoms with Crippen LogP contribution in [0.15, 0.2) is 16.9 Å². The summed E-state index contributed by atoms with van der Waals surface area (Å²) in [5, 5.41) is 3.87. The van der Waals surface area contributed by atoms with Crippen molar-refractivity contribution in [1.29, 1.82) is 0 Å². The summed E-state index contributed by atoms with van der Waals surface area (Å²) in [7, 11) is 0. The van der Waals surface area contributed by atoms with Gasteiger partial charge < -0.3 is 0 Å². The quantitative estimate of drug-likeness (QED) is 0.475. The predicted molar refractivity (Wildman–Crippen MR) is 31.4 cm³/mol. The minimum atomic E-state index is 0.762. The first-order valence-electron chi connectivity index (χ1n) is 2.89. The molecule has 1 fully saturated rings. The van der Waals surface area contributed by atoms with Crippen LogP contribution in [0.4, 0.5) is 0 Å². The second-order valence-corrected chi connectivity index (χ2v) is 2.22. The Morgan fingerprint density at radius 3 is 2.88 bits per heavy atom. The van der Waals surface area contributed by atoms with Gasteiger partial charge in [0.15, 0.2) is 0 Å². The van der Waals surface area contributed by atoms with Gasteiger partial charge in [-0.25, -0.2) is 10.3 Å². The van der Waals surface area contributed by atoms with Crippen molar-refractivity contribution >= 4 is 6.34 Å². The Morgan fingerprint density at radius 1 is 1.50 bits per heavy atom. The normalized spacial score (nSPS) is 25.2. The van der Waals surface area contributed by atoms with Crippen molar-refractivity contribution in [1.82, 2.24) is 5.32 Å². The summed E-state index contributed by atoms with van der Waals surface area (Å²) in [5.74, 6) is 0.762. The van der Waals surface area contributed by atoms with Crippen LogP contribution < -0.4 is 5.32 Å². The lowest BCUT2D eigenvalue weighted by atomic mass is 10.3. The van der Waals surface area contributed by atoms with E-state index in [2.05, 4.69) is 10.3 Å². The van der Waals surface area contributed by atoms with Crippen LogP contribution in [0.1, 0.15) is 12.8 Å². The minimum absolute atomic E-state index is 0.762. The van der Waals surface area contributed by atoms with Gasteiger partial charge in [-0.1, -0.05) is 0 Å². The highest BCUT2D eigenvalue weighted by atomic mass is 15.0. The van der Waals surface area contributed by atoms with E-state index < -0.39 is 0 Å². The highest BCUT2D eigenvalue weighted by Gasteiger charge is 2.26. The topological polar surface area (TPSA) is 26.5 Å². The van der Waals surface area contributed by atoms with Crippen LogP contribution >= 0.6 is 0 Å². The molecule has 8 heavy (non-hydrogen) atoms. The summed E-state index contributed by atoms with van der Waals surface area (Å²) >= 11 is 0. The highest BCUT2D eigenvalue weighted by Crippen LogP contribution is 2.37. The zero-order valence-electron chi connectivity index (χ0n) is 4.54. The molecule has 0 saturated heterocycles. The molecule has 1 aliphatic carbocycles. The predicted octanol–water partition coefficient (Wildman–Crippen LogP) is 0.884. The number of aliphatic imine (C=N–C) groups is 1. The van der Waals surface area contributed by atoms with E-state index >= 15 is 0 Å². The number of hydrogen-bond donors (Lipinski definition) is 0. The summed E-state index contributed by atoms with van der Waals surface area (Å²) in [6.07, 6.45) is 6.11. The van der Waals surface area contributed by atoms with Gasteiger partial charge >= 0.3 is 0 Å². The molecule has 41 valence electrons. The van der Waals surface area contributed by atoms with Gasteiger partial charge in [-0.3, -0.25) is 0 Å². The first-order valence-corrected chi connectivity index (χ1v) is 2.89. The molecule has 0 N–H and O–H groups in total. The molecule has 0 atom stereocenters. The molecule has 0 bridgehead atoms. The maximum atomic E-state index is 4.07. The van der Waals surface area contributed by atoms with Gasteiger partial charge in [0.2, 0.25) is 0 Å². The van der Waals surface area contributed by atoms with E-state index in [1.807, 2.05) is 6.20 Å². The maximum absolute atomic E-state index is 4.07. The van der Waals surface area contributed by atoms with Gasteiger partial charge in [-0.15, -0.1) is 0 Å². The number of rotatable bonds is 1. The smallest absolute Gasteiger partial charge is 0.115 e. The van der Waals surface area contributed by atoms with E-state index in [9.17, 15) is 0 Å². The monoisotopic (exact) mass is 107 g/mol. The second kappa shape index (κ2) is 1.34. The van der Waals surface area contributed by atoms with E-state index in [1.54, 1.807) is 6.34 Å². The third kappa shape index (κ3) is 0.529. The fourth-order valence-corrected chi connectivity index (χ4v) is 0.833. The summed E-state index contributed by atoms with van der Waals surface area (Å²) in [5.41, 5.74) is 1.19. The Hall–Kier alpha value is -0.790. The lowest BCUT2D eigenvalue weighted by molar-refractivity contribution is 0.985. The molecule has 0 aromatic carbocycles. The molecular formula is C6H7N2. The van der Waals surface area contributed by atoms with Crippen LogP contribution in [0, 0.1) is 5.92 Å². The molecule has 0 amide bonds. The van der Waals surface area contributed by atoms with Crippen molar-refractivity contribution < 1.29 is 0 Å². The van der Waals surface area contributed by atoms with Gasteiger partial charge in [-0.05, 0) is 12.8 Å². The van der Waals surface area contributed by atoms with Crippen molar-refractivity contribution in [2.45, 2.75) is 12.8 Å². The van der Waals surface area contributed by atoms with Gasteiger partial charge in [0.05, 0.1) is 11.9 Å². The van der Waals surface area contributed by atoms with Gasteiger partial charge in [0.25, 0.3) is 0 Å². The van der Waals surface area contributed by atoms with Gasteiger partial charge in [0, 0.05) is 5.92 Å². The van der Waals surface area contributed by atoms with Crippen LogP contribution in [-0.2, 0) is 0 Å². The Balaban J connectivity index is 2.13. The van der Waals surface area contributed by atoms with E-state index in [1.165, 1.54) is 18.5 Å². The van der Waals surface area contributed by atoms with Crippen LogP contribution in [0.25, 0.3) is 0 Å². The fraction of sp³-hybridized carbons (Fsp3) is 0.500. The number of allylic oxidation sites excluding steroid dienone is 1. The molecule has 0 aromatic rings. The lowest BCUT2D eigenvalue weighted by Gasteiger charge is -1.84. The van der Waals surface area contributed by atoms with Crippen LogP contribution in [0.3, 0.4) is 0 Å². The number of hydrogen-bond acceptors (Lipinski definition) is 1. The van der Waals surface area contributed by atoms with Crippen LogP contribution in [-0.4, -0.2) is 6.34 Å². The molecule has 1 aliphatic heterocycles. The van der Waals surface area contributed by atoms with E-state index in [0.29, 0.717) is 0 Å². The molecule has 2 rings (SSSR count). The standard InChI is InChI=1S/C6H7N2/c1-2-5(1)6-3-7-4-8-6/h3-5H,1-2H2. The molecule has 1 radical (unpaired) electrons. The van der Waals surface area contributed by atoms with Crippen molar-refractivity contribution in [2.24, 2.45) is 10.9 Å². The molecular weight excluding hydrogens is 100 g/mol. The minimum Gasteiger partial charge on any atom is -0.243 e. The fourth-order valence-electron chi connectivity index (χ4n) is 0.833. The van der Waals surface area contributed by atoms with Gasteiger partial charge in [0.1, 0.15) is 6.34 Å². The average molecular weight is 107 g/mol. The molecule has 0 spiro atoms. The molecule has 0 unspecified atom stereocenters. The molecule has 1 heterocycles. The summed E-state index contributed by atoms with van der Waals surface area (Å²) < 4.78 is 0. The largest absolute Gasteiger partial charge is 0.243 e. The first kappa shape index (κ1) is 4.13. The summed E-state index contributed by atoms with van der Waals surface area (Å²) in [6, 6.07) is 0. The maximum Gasteiger partial charge on any atom is 0.115 e. The van der Waals surface area contributed by atoms with Crippen molar-refractivity contribution in [3.63, 3.8) is 0 Å². The summed E-state index contributed by atoms with van der Waals surface area (Å²) in [4.78, 5) is 4.07. The summed E-state index contributed by atoms with van der Waals surface area (Å²) in [6.45, 7) is 0. The van der Waals surface area contributed by atoms with Crippen LogP contribution in [0.2, 0.25) is 0 Å². The van der Waals surface area contributed by atoms with Crippen LogP contribution in [0.5, 0.6) is 0 Å². The zero-order valence-corrected chi connectivity index (χ0v) is 4.54. The van der Waals surface area contributed by atoms with E-state index in [4.69, 9.17) is 0 Å². The van der Waals surface area contributed by atoms with Crippen molar-refractivity contribution in [3.8, 4) is 0 Å². The molecule has 1 saturated carbocycles. The van der Waals surface area contributed by atoms with Crippen molar-refractivity contribution in [2.75, 3.05) is 0 Å². The lowest BCUT2D eigenvalue weighted by Crippen LogP contribution is -1.80. The van der Waals surface area contributed by atoms with E-state index in [0.717, 1.165) is 5.92 Å². The Labute approximate surface area is 48.3 Å². The second-order valence-electron chi connectivity index (χ2n) is 2.22. The SMILES string of the molecule is C1=NC(C2CC2)=C[N]1. The zero-order chi connectivity index (χ0) is 5.40. The molecule has 2 nitrogen and oxygen atoms in total. The molecule has 2 heteroatoms. The van der Waals surface area contributed by atoms with Crippen molar-refractivity contribution in [3.05, 3.63) is 11.9 Å². The third-order valence-corrected chi connectivity index (χ3v) is 1.48. The number of nitrogens with zero attached hydrogens (tertiary/aromatic N) is 2. The highest BCUT2D eigenvalue weighted by molar-refractivity contribution is 5.61. The van der Waals surface area contributed by atoms with E-state index in [-0.39, 0.29) is 0 Å². The Bertz CT molecular complexity index is 154. The molecule has 0 aromatic heterocycles. The Morgan fingerprint density at radius 2 is 2.38 bits per heavy atom. The molecule has 2 aliphatic rings. The first-order chi connectivity index (χ1) is 3.97. The third-order valence-electron chi connectivity index (χ3n) is 1.48.